The summed E-state index contributed by atoms with van der Waals surface area (Å²) >= 11 is 1.72. The van der Waals surface area contributed by atoms with Gasteiger partial charge >= 0.3 is 0 Å². The standard InChI is InChI=1S/C13H15N5S/c1-9-10(2)19-13-11(9)12(16-7-17-13)15-4-6-18-5-3-14-8-18/h3,5,7-8H,4,6H2,1-2H3,(H,15,16,17). The number of nitrogens with zero attached hydrogens (tertiary/aromatic N) is 4. The molecule has 5 nitrogen and oxygen atoms in total. The molecule has 0 fully saturated rings. The molecule has 0 aromatic carbocycles. The van der Waals surface area contributed by atoms with Crippen LogP contribution >= 0.6 is 11.3 Å². The molecule has 0 spiro atoms. The molecule has 3 rings (SSSR count). The molecule has 98 valence electrons. The van der Waals surface area contributed by atoms with E-state index in [0.717, 1.165) is 29.1 Å². The van der Waals surface area contributed by atoms with Crippen molar-refractivity contribution in [1.29, 1.82) is 0 Å². The highest BCUT2D eigenvalue weighted by atomic mass is 32.1. The van der Waals surface area contributed by atoms with Gasteiger partial charge in [-0.1, -0.05) is 0 Å². The molecule has 0 atom stereocenters. The smallest absolute Gasteiger partial charge is 0.138 e. The molecule has 0 radical (unpaired) electrons. The third-order valence-electron chi connectivity index (χ3n) is 3.19. The van der Waals surface area contributed by atoms with Crippen molar-refractivity contribution >= 4 is 27.4 Å². The highest BCUT2D eigenvalue weighted by molar-refractivity contribution is 7.18. The largest absolute Gasteiger partial charge is 0.368 e. The highest BCUT2D eigenvalue weighted by Gasteiger charge is 2.11. The summed E-state index contributed by atoms with van der Waals surface area (Å²) in [6.45, 7) is 5.93. The van der Waals surface area contributed by atoms with Crippen LogP contribution in [0.5, 0.6) is 0 Å². The van der Waals surface area contributed by atoms with Crippen LogP contribution in [0.4, 0.5) is 5.82 Å². The Morgan fingerprint density at radius 3 is 3.00 bits per heavy atom. The first-order valence-electron chi connectivity index (χ1n) is 6.16. The lowest BCUT2D eigenvalue weighted by Gasteiger charge is -2.07. The van der Waals surface area contributed by atoms with Gasteiger partial charge in [-0.05, 0) is 19.4 Å². The molecular weight excluding hydrogens is 258 g/mol. The number of hydrogen-bond donors (Lipinski definition) is 1. The van der Waals surface area contributed by atoms with Crippen molar-refractivity contribution in [2.45, 2.75) is 20.4 Å². The molecule has 0 aliphatic rings. The third-order valence-corrected chi connectivity index (χ3v) is 4.30. The molecule has 1 N–H and O–H groups in total. The summed E-state index contributed by atoms with van der Waals surface area (Å²) in [6.07, 6.45) is 7.18. The second kappa shape index (κ2) is 4.97. The maximum Gasteiger partial charge on any atom is 0.138 e. The van der Waals surface area contributed by atoms with E-state index in [-0.39, 0.29) is 0 Å². The SMILES string of the molecule is Cc1sc2ncnc(NCCn3ccnc3)c2c1C. The molecule has 3 heterocycles. The monoisotopic (exact) mass is 273 g/mol. The Labute approximate surface area is 115 Å². The van der Waals surface area contributed by atoms with Crippen LogP contribution < -0.4 is 5.32 Å². The Kier molecular flexibility index (Phi) is 3.16. The van der Waals surface area contributed by atoms with Crippen molar-refractivity contribution < 1.29 is 0 Å². The molecular formula is C13H15N5S. The van der Waals surface area contributed by atoms with Crippen LogP contribution in [0, 0.1) is 13.8 Å². The molecule has 0 saturated carbocycles. The summed E-state index contributed by atoms with van der Waals surface area (Å²) < 4.78 is 2.04. The minimum absolute atomic E-state index is 0.816. The van der Waals surface area contributed by atoms with Gasteiger partial charge in [0.05, 0.1) is 11.7 Å². The summed E-state index contributed by atoms with van der Waals surface area (Å²) in [5, 5.41) is 4.54. The number of anilines is 1. The molecule has 3 aromatic rings. The first-order valence-corrected chi connectivity index (χ1v) is 6.97. The quantitative estimate of drug-likeness (QED) is 0.794. The fraction of sp³-hybridized carbons (Fsp3) is 0.308. The second-order valence-corrected chi connectivity index (χ2v) is 5.62. The number of aryl methyl sites for hydroxylation is 2. The van der Waals surface area contributed by atoms with Gasteiger partial charge in [0.2, 0.25) is 0 Å². The number of thiophene rings is 1. The normalized spacial score (nSPS) is 11.1. The first kappa shape index (κ1) is 12.1. The van der Waals surface area contributed by atoms with Crippen LogP contribution in [-0.4, -0.2) is 26.1 Å². The molecule has 0 aliphatic carbocycles. The van der Waals surface area contributed by atoms with E-state index in [4.69, 9.17) is 0 Å². The van der Waals surface area contributed by atoms with Crippen LogP contribution in [-0.2, 0) is 6.54 Å². The van der Waals surface area contributed by atoms with Crippen molar-refractivity contribution in [3.8, 4) is 0 Å². The maximum absolute atomic E-state index is 4.36. The molecule has 0 unspecified atom stereocenters. The summed E-state index contributed by atoms with van der Waals surface area (Å²) in [4.78, 5) is 15.1. The number of hydrogen-bond acceptors (Lipinski definition) is 5. The van der Waals surface area contributed by atoms with Crippen LogP contribution in [0.15, 0.2) is 25.0 Å². The number of imidazole rings is 1. The molecule has 3 aromatic heterocycles. The Hall–Kier alpha value is -1.95. The van der Waals surface area contributed by atoms with Gasteiger partial charge in [0.15, 0.2) is 0 Å². The fourth-order valence-corrected chi connectivity index (χ4v) is 3.04. The zero-order valence-electron chi connectivity index (χ0n) is 10.9. The van der Waals surface area contributed by atoms with E-state index in [1.54, 1.807) is 23.9 Å². The number of aromatic nitrogens is 4. The van der Waals surface area contributed by atoms with Crippen LogP contribution in [0.2, 0.25) is 0 Å². The van der Waals surface area contributed by atoms with Crippen molar-refractivity contribution in [2.24, 2.45) is 0 Å². The first-order chi connectivity index (χ1) is 9.25. The van der Waals surface area contributed by atoms with Crippen LogP contribution in [0.25, 0.3) is 10.2 Å². The molecule has 19 heavy (non-hydrogen) atoms. The van der Waals surface area contributed by atoms with Crippen molar-refractivity contribution in [3.05, 3.63) is 35.5 Å². The Morgan fingerprint density at radius 2 is 2.21 bits per heavy atom. The van der Waals surface area contributed by atoms with Crippen LogP contribution in [0.3, 0.4) is 0 Å². The topological polar surface area (TPSA) is 55.6 Å². The van der Waals surface area contributed by atoms with Gasteiger partial charge < -0.3 is 9.88 Å². The minimum atomic E-state index is 0.816. The van der Waals surface area contributed by atoms with E-state index in [0.29, 0.717) is 0 Å². The summed E-state index contributed by atoms with van der Waals surface area (Å²) in [5.74, 6) is 0.923. The predicted octanol–water partition coefficient (Wildman–Crippen LogP) is 2.62. The lowest BCUT2D eigenvalue weighted by atomic mass is 10.2. The zero-order valence-corrected chi connectivity index (χ0v) is 11.7. The Balaban J connectivity index is 1.80. The molecule has 0 bridgehead atoms. The summed E-state index contributed by atoms with van der Waals surface area (Å²) in [5.41, 5.74) is 1.27. The van der Waals surface area contributed by atoms with Crippen molar-refractivity contribution in [3.63, 3.8) is 0 Å². The molecule has 0 saturated heterocycles. The van der Waals surface area contributed by atoms with Gasteiger partial charge in [0.1, 0.15) is 17.0 Å². The van der Waals surface area contributed by atoms with Gasteiger partial charge in [-0.25, -0.2) is 15.0 Å². The Morgan fingerprint density at radius 1 is 1.32 bits per heavy atom. The summed E-state index contributed by atoms with van der Waals surface area (Å²) in [7, 11) is 0. The van der Waals surface area contributed by atoms with Crippen molar-refractivity contribution in [1.82, 2.24) is 19.5 Å². The van der Waals surface area contributed by atoms with Gasteiger partial charge in [0, 0.05) is 30.4 Å². The number of rotatable bonds is 4. The number of nitrogens with one attached hydrogen (secondary N) is 1. The lowest BCUT2D eigenvalue weighted by Crippen LogP contribution is -2.10. The highest BCUT2D eigenvalue weighted by Crippen LogP contribution is 2.32. The lowest BCUT2D eigenvalue weighted by molar-refractivity contribution is 0.725. The zero-order chi connectivity index (χ0) is 13.2. The molecule has 0 amide bonds. The van der Waals surface area contributed by atoms with E-state index in [1.807, 2.05) is 17.1 Å². The van der Waals surface area contributed by atoms with Gasteiger partial charge in [-0.2, -0.15) is 0 Å². The fourth-order valence-electron chi connectivity index (χ4n) is 2.04. The predicted molar refractivity (Wildman–Crippen MR) is 77.6 cm³/mol. The van der Waals surface area contributed by atoms with E-state index >= 15 is 0 Å². The average Bonchev–Trinajstić information content (AvgIpc) is 3.00. The van der Waals surface area contributed by atoms with E-state index in [9.17, 15) is 0 Å². The second-order valence-electron chi connectivity index (χ2n) is 4.41. The third kappa shape index (κ3) is 2.31. The molecule has 0 aliphatic heterocycles. The molecule has 6 heteroatoms. The van der Waals surface area contributed by atoms with E-state index in [2.05, 4.69) is 34.1 Å². The minimum Gasteiger partial charge on any atom is -0.368 e. The van der Waals surface area contributed by atoms with Crippen molar-refractivity contribution in [2.75, 3.05) is 11.9 Å². The van der Waals surface area contributed by atoms with Gasteiger partial charge in [0.25, 0.3) is 0 Å². The maximum atomic E-state index is 4.36. The average molecular weight is 273 g/mol. The van der Waals surface area contributed by atoms with Gasteiger partial charge in [-0.15, -0.1) is 11.3 Å². The van der Waals surface area contributed by atoms with E-state index in [1.165, 1.54) is 10.4 Å². The van der Waals surface area contributed by atoms with Crippen LogP contribution in [0.1, 0.15) is 10.4 Å². The number of fused-ring (bicyclic) bond motifs is 1. The van der Waals surface area contributed by atoms with Gasteiger partial charge in [-0.3, -0.25) is 0 Å². The van der Waals surface area contributed by atoms with E-state index < -0.39 is 0 Å². The summed E-state index contributed by atoms with van der Waals surface area (Å²) in [6, 6.07) is 0. The Bertz CT molecular complexity index is 686.